The summed E-state index contributed by atoms with van der Waals surface area (Å²) in [6, 6.07) is 10.9. The molecule has 48 heteroatoms. The Hall–Kier alpha value is -15.1. The summed E-state index contributed by atoms with van der Waals surface area (Å²) in [7, 11) is 0. The third kappa shape index (κ3) is 34.5. The molecule has 0 bridgehead atoms. The minimum Gasteiger partial charge on any atom is -0.481 e. The van der Waals surface area contributed by atoms with Gasteiger partial charge in [0, 0.05) is 68.1 Å². The van der Waals surface area contributed by atoms with E-state index in [9.17, 15) is 102 Å². The molecule has 2 saturated heterocycles. The number of primary amides is 1. The average molecular weight is 1790 g/mol. The van der Waals surface area contributed by atoms with E-state index < -0.39 is 218 Å². The number of aliphatic hydroxyl groups excluding tert-OH is 2. The number of guanidine groups is 4. The number of nitrogens with one attached hydrogen (secondary N) is 20. The van der Waals surface area contributed by atoms with Crippen LogP contribution in [-0.2, 0) is 84.8 Å². The van der Waals surface area contributed by atoms with Crippen LogP contribution in [-0.4, -0.2) is 280 Å². The van der Waals surface area contributed by atoms with Gasteiger partial charge in [-0.25, -0.2) is 0 Å². The molecule has 4 aromatic rings. The van der Waals surface area contributed by atoms with E-state index in [0.29, 0.717) is 28.9 Å². The molecule has 0 radical (unpaired) electrons. The number of aliphatic carboxylic acids is 2. The van der Waals surface area contributed by atoms with E-state index in [0.717, 1.165) is 0 Å². The van der Waals surface area contributed by atoms with E-state index >= 15 is 0 Å². The quantitative estimate of drug-likeness (QED) is 0.0111. The summed E-state index contributed by atoms with van der Waals surface area (Å²) in [6.45, 7) is -3.72. The number of carboxylic acid groups (broad SMARTS) is 2. The molecule has 34 N–H and O–H groups in total. The monoisotopic (exact) mass is 1790 g/mol. The van der Waals surface area contributed by atoms with Gasteiger partial charge >= 0.3 is 11.9 Å². The van der Waals surface area contributed by atoms with Crippen molar-refractivity contribution in [1.82, 2.24) is 84.2 Å². The third-order valence-electron chi connectivity index (χ3n) is 20.0. The van der Waals surface area contributed by atoms with Crippen molar-refractivity contribution in [2.45, 2.75) is 163 Å². The molecular weight excluding hydrogens is 1680 g/mol. The number of carbonyl (C=O) groups excluding carboxylic acids is 15. The average Bonchev–Trinajstić information content (AvgIpc) is 1.15. The van der Waals surface area contributed by atoms with E-state index in [2.05, 4.69) is 85.1 Å². The lowest BCUT2D eigenvalue weighted by atomic mass is 10.0. The number of carbonyl (C=O) groups is 17. The predicted molar refractivity (Wildman–Crippen MR) is 459 cm³/mol. The number of unbranched alkanes of at least 4 members (excludes halogenated alkanes) is 1. The second-order valence-electron chi connectivity index (χ2n) is 29.7. The Morgan fingerprint density at radius 2 is 0.727 bits per heavy atom. The molecular formula is C80H111N27O21. The number of rotatable bonds is 51. The van der Waals surface area contributed by atoms with E-state index in [1.807, 2.05) is 0 Å². The van der Waals surface area contributed by atoms with Crippen LogP contribution in [0.5, 0.6) is 0 Å². The minimum absolute atomic E-state index is 0.0263. The molecule has 2 fully saturated rings. The summed E-state index contributed by atoms with van der Waals surface area (Å²) in [4.78, 5) is 234. The Bertz CT molecular complexity index is 4630. The van der Waals surface area contributed by atoms with Crippen molar-refractivity contribution in [3.63, 3.8) is 0 Å². The number of likely N-dealkylation sites (tertiary alicyclic amines) is 2. The Balaban J connectivity index is 1.04. The molecule has 6 rings (SSSR count). The molecule has 2 aliphatic rings. The number of aliphatic hydroxyl groups is 2. The summed E-state index contributed by atoms with van der Waals surface area (Å²) in [5.41, 5.74) is 29.1. The smallest absolute Gasteiger partial charge is 0.305 e. The van der Waals surface area contributed by atoms with Crippen molar-refractivity contribution in [1.29, 1.82) is 21.6 Å². The third-order valence-corrected chi connectivity index (χ3v) is 20.0. The number of hydrogen-bond donors (Lipinski definition) is 29. The van der Waals surface area contributed by atoms with E-state index in [4.69, 9.17) is 50.3 Å². The normalized spacial score (nSPS) is 15.3. The molecule has 15 amide bonds. The Kier molecular flexibility index (Phi) is 41.2. The number of nitrogens with two attached hydrogens (primary N) is 5. The van der Waals surface area contributed by atoms with Crippen LogP contribution in [0, 0.1) is 21.6 Å². The maximum Gasteiger partial charge on any atom is 0.305 e. The molecule has 2 heterocycles. The first-order chi connectivity index (χ1) is 60.9. The first kappa shape index (κ1) is 102. The SMILES string of the molecule is N=C(N)NCCC[C@H](NC(=O)[C@H](CO)NC(=O)c1ccc(NC(=N)N)cc1)C(=O)NCC(=O)N[C@@H](CC(=O)O)C(=O)N[C@@H](Cc1ccccc1)C(=O)N1CCC[C@H]1C(=O)NCCCC[C@H](NC(=O)[C@@H]1CCCN1C(=O)[C@H](Cc1ccccc1)NC(=O)[C@H](CC(=O)O)NC(=O)CNC(=O)[C@H](CCCNC(=N)N)NC(=O)[C@H](CO)NC(=O)c1ccc(NC(=N)N)cc1)C(N)=O. The van der Waals surface area contributed by atoms with Gasteiger partial charge in [0.1, 0.15) is 66.5 Å². The highest BCUT2D eigenvalue weighted by Crippen LogP contribution is 2.24. The molecule has 48 nitrogen and oxygen atoms in total. The van der Waals surface area contributed by atoms with Crippen LogP contribution >= 0.6 is 0 Å². The molecule has 0 unspecified atom stereocenters. The number of amides is 15. The number of hydrogen-bond acceptors (Lipinski definition) is 23. The van der Waals surface area contributed by atoms with Crippen LogP contribution in [0.1, 0.15) is 115 Å². The van der Waals surface area contributed by atoms with Crippen molar-refractivity contribution in [2.24, 2.45) is 28.7 Å². The van der Waals surface area contributed by atoms with Crippen LogP contribution in [0.2, 0.25) is 0 Å². The van der Waals surface area contributed by atoms with E-state index in [-0.39, 0.29) is 133 Å². The van der Waals surface area contributed by atoms with Crippen LogP contribution in [0.4, 0.5) is 11.4 Å². The molecule has 11 atom stereocenters. The zero-order valence-electron chi connectivity index (χ0n) is 69.7. The number of benzene rings is 4. The summed E-state index contributed by atoms with van der Waals surface area (Å²) in [5.74, 6) is -18.9. The van der Waals surface area contributed by atoms with Gasteiger partial charge in [0.25, 0.3) is 11.8 Å². The second kappa shape index (κ2) is 51.8. The first-order valence-electron chi connectivity index (χ1n) is 40.7. The highest BCUT2D eigenvalue weighted by atomic mass is 16.4. The highest BCUT2D eigenvalue weighted by Gasteiger charge is 2.42. The minimum atomic E-state index is -1.91. The Morgan fingerprint density at radius 3 is 1.09 bits per heavy atom. The maximum absolute atomic E-state index is 14.8. The highest BCUT2D eigenvalue weighted by molar-refractivity contribution is 6.03. The maximum atomic E-state index is 14.8. The molecule has 0 spiro atoms. The first-order valence-corrected chi connectivity index (χ1v) is 40.7. The van der Waals surface area contributed by atoms with Crippen molar-refractivity contribution < 1.29 is 102 Å². The van der Waals surface area contributed by atoms with Gasteiger partial charge in [0.15, 0.2) is 23.8 Å². The summed E-state index contributed by atoms with van der Waals surface area (Å²) >= 11 is 0. The van der Waals surface area contributed by atoms with E-state index in [1.54, 1.807) is 60.7 Å². The van der Waals surface area contributed by atoms with Crippen molar-refractivity contribution >= 4 is 136 Å². The fraction of sp³-hybridized carbons (Fsp3) is 0.438. The van der Waals surface area contributed by atoms with Gasteiger partial charge in [-0.15, -0.1) is 0 Å². The number of nitrogens with zero attached hydrogens (tertiary/aromatic N) is 2. The molecule has 692 valence electrons. The lowest BCUT2D eigenvalue weighted by molar-refractivity contribution is -0.143. The van der Waals surface area contributed by atoms with Gasteiger partial charge in [-0.05, 0) is 130 Å². The van der Waals surface area contributed by atoms with Crippen molar-refractivity contribution in [3.8, 4) is 0 Å². The van der Waals surface area contributed by atoms with Crippen molar-refractivity contribution in [3.05, 3.63) is 131 Å². The van der Waals surface area contributed by atoms with Crippen molar-refractivity contribution in [2.75, 3.05) is 69.7 Å². The van der Waals surface area contributed by atoms with Gasteiger partial charge < -0.3 is 144 Å². The zero-order chi connectivity index (χ0) is 94.1. The Labute approximate surface area is 733 Å². The lowest BCUT2D eigenvalue weighted by Crippen LogP contribution is -2.59. The molecule has 0 aliphatic carbocycles. The predicted octanol–water partition coefficient (Wildman–Crippen LogP) is -7.48. The zero-order valence-corrected chi connectivity index (χ0v) is 69.7. The lowest BCUT2D eigenvalue weighted by Gasteiger charge is -2.30. The van der Waals surface area contributed by atoms with Crippen LogP contribution < -0.4 is 114 Å². The largest absolute Gasteiger partial charge is 0.481 e. The van der Waals surface area contributed by atoms with Gasteiger partial charge in [0.05, 0.1) is 39.1 Å². The molecule has 4 aromatic carbocycles. The fourth-order valence-corrected chi connectivity index (χ4v) is 13.6. The summed E-state index contributed by atoms with van der Waals surface area (Å²) in [5, 5.41) is 109. The standard InChI is InChI=1S/C80H111N27O21/c81-64(116)49(99-74(126)59-21-12-34-107(59)76(128)55(36-44-15-5-2-6-16-44)103-70(122)53(38-63(114)115)98-61(111)40-94-68(120)51(19-10-32-92-78(84)85)101-72(124)57(42-109)105-66(118)46-24-28-48(29-25-46)96-80(88)89)17-7-8-30-90-73(125)58-20-11-33-106(58)75(127)54(35-43-13-3-1-4-14-43)102-69(121)52(37-62(112)113)97-60(110)39-93-67(119)50(18-9-31-91-77(82)83)100-71(123)56(41-108)104-65(117)45-22-26-47(27-23-45)95-79(86)87/h1-6,13-16,22-29,49-59,108-109H,7-12,17-21,30-42H2,(H2,81,116)(H,90,125)(H,93,119)(H,94,120)(H,97,110)(H,98,111)(H,99,126)(H,100,123)(H,101,124)(H,102,121)(H,103,122)(H,104,117)(H,105,118)(H,112,113)(H,114,115)(H4,82,83,91)(H4,84,85,92)(H4,86,87,95)(H4,88,89,96)/t49-,50-,51-,52-,53-,54-,55-,56-,57-,58-,59-/m0/s1. The topological polar surface area (TPSA) is 796 Å². The molecule has 128 heavy (non-hydrogen) atoms. The molecule has 2 aliphatic heterocycles. The van der Waals surface area contributed by atoms with E-state index in [1.165, 1.54) is 58.3 Å². The summed E-state index contributed by atoms with van der Waals surface area (Å²) < 4.78 is 0. The van der Waals surface area contributed by atoms with Crippen LogP contribution in [0.3, 0.4) is 0 Å². The fourth-order valence-electron chi connectivity index (χ4n) is 13.6. The Morgan fingerprint density at radius 1 is 0.367 bits per heavy atom. The molecule has 0 saturated carbocycles. The molecule has 0 aromatic heterocycles. The van der Waals surface area contributed by atoms with Crippen LogP contribution in [0.25, 0.3) is 0 Å². The number of anilines is 2. The van der Waals surface area contributed by atoms with Gasteiger partial charge in [-0.2, -0.15) is 0 Å². The van der Waals surface area contributed by atoms with Gasteiger partial charge in [-0.1, -0.05) is 60.7 Å². The van der Waals surface area contributed by atoms with Crippen LogP contribution in [0.15, 0.2) is 109 Å². The van der Waals surface area contributed by atoms with Gasteiger partial charge in [0.2, 0.25) is 76.8 Å². The number of carboxylic acids is 2. The second-order valence-corrected chi connectivity index (χ2v) is 29.7. The van der Waals surface area contributed by atoms with Gasteiger partial charge in [-0.3, -0.25) is 103 Å². The summed E-state index contributed by atoms with van der Waals surface area (Å²) in [6.07, 6.45) is -1.66.